The van der Waals surface area contributed by atoms with Crippen LogP contribution in [0.25, 0.3) is 22.1 Å². The molecule has 1 saturated carbocycles. The molecule has 4 heterocycles. The van der Waals surface area contributed by atoms with Crippen LogP contribution in [0.15, 0.2) is 58.5 Å². The summed E-state index contributed by atoms with van der Waals surface area (Å²) in [6, 6.07) is 13.9. The number of carbonyl (C=O) groups is 4. The number of rotatable bonds is 10. The van der Waals surface area contributed by atoms with Gasteiger partial charge in [0, 0.05) is 51.4 Å². The molecule has 1 fully saturated rings. The third-order valence-electron chi connectivity index (χ3n) is 10.1. The van der Waals surface area contributed by atoms with E-state index in [1.54, 1.807) is 54.9 Å². The van der Waals surface area contributed by atoms with Crippen LogP contribution in [0.3, 0.4) is 0 Å². The molecule has 1 aliphatic rings. The topological polar surface area (TPSA) is 200 Å². The van der Waals surface area contributed by atoms with Gasteiger partial charge in [-0.15, -0.1) is 0 Å². The predicted molar refractivity (Wildman–Crippen MR) is 196 cm³/mol. The molecule has 274 valence electrons. The number of nitrogens with two attached hydrogens (primary N) is 2. The van der Waals surface area contributed by atoms with Crippen molar-refractivity contribution in [1.82, 2.24) is 37.8 Å². The molecule has 1 aliphatic carbocycles. The molecular formula is C37H42N12O4. The Labute approximate surface area is 303 Å². The van der Waals surface area contributed by atoms with Crippen molar-refractivity contribution < 1.29 is 19.2 Å². The van der Waals surface area contributed by atoms with Gasteiger partial charge in [0.05, 0.1) is 33.5 Å². The molecule has 4 N–H and O–H groups in total. The Balaban J connectivity index is 1.28. The van der Waals surface area contributed by atoms with Gasteiger partial charge in [0.15, 0.2) is 0 Å². The van der Waals surface area contributed by atoms with Crippen molar-refractivity contribution >= 4 is 45.7 Å². The van der Waals surface area contributed by atoms with Gasteiger partial charge in [-0.2, -0.15) is 20.2 Å². The van der Waals surface area contributed by atoms with Gasteiger partial charge in [-0.05, 0) is 94.5 Å². The van der Waals surface area contributed by atoms with E-state index < -0.39 is 23.6 Å². The Morgan fingerprint density at radius 1 is 0.660 bits per heavy atom. The molecule has 6 aromatic rings. The largest absolute Gasteiger partial charge is 0.366 e. The summed E-state index contributed by atoms with van der Waals surface area (Å²) in [5.74, 6) is -1.60. The number of amides is 4. The minimum absolute atomic E-state index is 0.175. The maximum atomic E-state index is 13.6. The molecule has 16 heteroatoms. The zero-order valence-electron chi connectivity index (χ0n) is 30.6. The molecule has 0 saturated heterocycles. The molecule has 0 aliphatic heterocycles. The summed E-state index contributed by atoms with van der Waals surface area (Å²) in [7, 11) is 3.62. The lowest BCUT2D eigenvalue weighted by atomic mass is 10.2. The molecule has 4 amide bonds. The lowest BCUT2D eigenvalue weighted by molar-refractivity contribution is 0.0977. The normalized spacial score (nSPS) is 16.3. The number of hydrogen-bond acceptors (Lipinski definition) is 6. The van der Waals surface area contributed by atoms with Crippen LogP contribution < -0.4 is 22.7 Å². The summed E-state index contributed by atoms with van der Waals surface area (Å²) in [5, 5.41) is 8.84. The maximum Gasteiger partial charge on any atom is 0.298 e. The third-order valence-corrected chi connectivity index (χ3v) is 10.1. The molecule has 0 bridgehead atoms. The first kappa shape index (κ1) is 35.1. The molecule has 0 radical (unpaired) electrons. The first-order chi connectivity index (χ1) is 25.3. The summed E-state index contributed by atoms with van der Waals surface area (Å²) in [5.41, 5.74) is 18.0. The quantitative estimate of drug-likeness (QED) is 0.218. The van der Waals surface area contributed by atoms with Crippen molar-refractivity contribution in [2.45, 2.75) is 60.3 Å². The van der Waals surface area contributed by atoms with Crippen molar-refractivity contribution in [2.75, 3.05) is 0 Å². The minimum atomic E-state index is -0.553. The summed E-state index contributed by atoms with van der Waals surface area (Å²) in [4.78, 5) is 60.7. The van der Waals surface area contributed by atoms with Gasteiger partial charge < -0.3 is 29.7 Å². The highest BCUT2D eigenvalue weighted by Crippen LogP contribution is 2.41. The smallest absolute Gasteiger partial charge is 0.298 e. The van der Waals surface area contributed by atoms with Crippen LogP contribution >= 0.6 is 0 Å². The summed E-state index contributed by atoms with van der Waals surface area (Å²) in [6.07, 6.45) is 0.857. The standard InChI is InChI=1S/C37H42N12O4/c1-7-48-30(13-20(3)42-48)34(52)40-36-44(5)28-16-22(32(38)50)9-11-26(28)46(36)18-24-15-25(24)19-47-27-12-10-23(33(39)51)17-29(27)45(6)37(47)41-35(53)31-14-21(4)43-49(31)8-2/h9-14,16-17,24-25H,7-8,15,18-19H2,1-6H3,(H2,38,50)(H2,39,51)/b40-36+,41-37+/t24-,25-/m0/s1. The number of hydrogen-bond donors (Lipinski definition) is 2. The summed E-state index contributed by atoms with van der Waals surface area (Å²) < 4.78 is 10.9. The van der Waals surface area contributed by atoms with Gasteiger partial charge in [-0.3, -0.25) is 28.5 Å². The lowest BCUT2D eigenvalue weighted by Gasteiger charge is -2.08. The molecule has 7 rings (SSSR count). The Morgan fingerprint density at radius 3 is 1.42 bits per heavy atom. The number of carbonyl (C=O) groups excluding carboxylic acids is 4. The van der Waals surface area contributed by atoms with Gasteiger partial charge >= 0.3 is 0 Å². The van der Waals surface area contributed by atoms with Gasteiger partial charge in [-0.25, -0.2) is 0 Å². The van der Waals surface area contributed by atoms with Crippen LogP contribution in [0, 0.1) is 25.7 Å². The molecule has 0 spiro atoms. The zero-order valence-corrected chi connectivity index (χ0v) is 30.6. The second-order valence-electron chi connectivity index (χ2n) is 13.6. The van der Waals surface area contributed by atoms with E-state index in [2.05, 4.69) is 20.2 Å². The van der Waals surface area contributed by atoms with E-state index in [9.17, 15) is 19.2 Å². The van der Waals surface area contributed by atoms with Crippen molar-refractivity contribution in [2.24, 2.45) is 47.4 Å². The highest BCUT2D eigenvalue weighted by Gasteiger charge is 2.39. The van der Waals surface area contributed by atoms with E-state index in [0.29, 0.717) is 71.0 Å². The van der Waals surface area contributed by atoms with Crippen LogP contribution in [-0.2, 0) is 40.3 Å². The lowest BCUT2D eigenvalue weighted by Crippen LogP contribution is -2.28. The Bertz CT molecular complexity index is 2460. The van der Waals surface area contributed by atoms with Gasteiger partial charge in [0.2, 0.25) is 23.1 Å². The molecule has 2 atom stereocenters. The van der Waals surface area contributed by atoms with E-state index in [0.717, 1.165) is 28.8 Å². The monoisotopic (exact) mass is 718 g/mol. The van der Waals surface area contributed by atoms with E-state index in [4.69, 9.17) is 11.5 Å². The van der Waals surface area contributed by atoms with Crippen LogP contribution in [0.1, 0.15) is 73.3 Å². The highest BCUT2D eigenvalue weighted by atomic mass is 16.2. The first-order valence-electron chi connectivity index (χ1n) is 17.5. The molecule has 4 aromatic heterocycles. The number of primary amides is 2. The van der Waals surface area contributed by atoms with E-state index >= 15 is 0 Å². The predicted octanol–water partition coefficient (Wildman–Crippen LogP) is 2.34. The Morgan fingerprint density at radius 2 is 1.06 bits per heavy atom. The van der Waals surface area contributed by atoms with Crippen molar-refractivity contribution in [3.63, 3.8) is 0 Å². The third kappa shape index (κ3) is 6.29. The number of aromatic nitrogens is 8. The molecule has 0 unspecified atom stereocenters. The maximum absolute atomic E-state index is 13.6. The Kier molecular flexibility index (Phi) is 8.83. The summed E-state index contributed by atoms with van der Waals surface area (Å²) in [6.45, 7) is 9.60. The first-order valence-corrected chi connectivity index (χ1v) is 17.5. The van der Waals surface area contributed by atoms with Crippen LogP contribution in [-0.4, -0.2) is 61.5 Å². The number of benzene rings is 2. The molecule has 2 aromatic carbocycles. The van der Waals surface area contributed by atoms with E-state index in [1.165, 1.54) is 0 Å². The average molecular weight is 719 g/mol. The van der Waals surface area contributed by atoms with E-state index in [-0.39, 0.29) is 11.8 Å². The fourth-order valence-corrected chi connectivity index (χ4v) is 7.21. The van der Waals surface area contributed by atoms with Crippen molar-refractivity contribution in [3.8, 4) is 0 Å². The Hall–Kier alpha value is -6.32. The van der Waals surface area contributed by atoms with Crippen molar-refractivity contribution in [3.05, 3.63) is 93.7 Å². The number of aryl methyl sites for hydroxylation is 6. The van der Waals surface area contributed by atoms with Crippen LogP contribution in [0.2, 0.25) is 0 Å². The number of nitrogens with zero attached hydrogens (tertiary/aromatic N) is 10. The van der Waals surface area contributed by atoms with Gasteiger partial charge in [0.25, 0.3) is 11.8 Å². The average Bonchev–Trinajstić information content (AvgIpc) is 3.34. The SMILES string of the molecule is CCn1nc(C)cc1C(=O)/N=c1\n(C)c2cc(C(N)=O)ccc2n1C[C@@H]1C[C@H]1Cn1/c(=N/C(=O)c2cc(C)nn2CC)n(C)c2cc(C(N)=O)ccc21. The second-order valence-corrected chi connectivity index (χ2v) is 13.6. The van der Waals surface area contributed by atoms with Gasteiger partial charge in [0.1, 0.15) is 11.4 Å². The van der Waals surface area contributed by atoms with Gasteiger partial charge in [-0.1, -0.05) is 0 Å². The van der Waals surface area contributed by atoms with Crippen molar-refractivity contribution in [1.29, 1.82) is 0 Å². The van der Waals surface area contributed by atoms with E-state index in [1.807, 2.05) is 63.1 Å². The second kappa shape index (κ2) is 13.3. The highest BCUT2D eigenvalue weighted by molar-refractivity contribution is 5.98. The number of fused-ring (bicyclic) bond motifs is 2. The fraction of sp³-hybridized carbons (Fsp3) is 0.351. The molecular weight excluding hydrogens is 676 g/mol. The molecule has 53 heavy (non-hydrogen) atoms. The zero-order chi connectivity index (χ0) is 37.9. The summed E-state index contributed by atoms with van der Waals surface area (Å²) >= 11 is 0. The fourth-order valence-electron chi connectivity index (χ4n) is 7.21. The molecule has 16 nitrogen and oxygen atoms in total. The van der Waals surface area contributed by atoms with Crippen LogP contribution in [0.5, 0.6) is 0 Å². The minimum Gasteiger partial charge on any atom is -0.366 e. The van der Waals surface area contributed by atoms with Crippen LogP contribution in [0.4, 0.5) is 0 Å². The number of imidazole rings is 2.